The molecule has 2 amide bonds. The molecule has 2 atom stereocenters. The Morgan fingerprint density at radius 2 is 2.12 bits per heavy atom. The van der Waals surface area contributed by atoms with E-state index >= 15 is 0 Å². The first kappa shape index (κ1) is 18.1. The molecule has 1 aromatic rings. The molecule has 4 rings (SSSR count). The molecule has 0 saturated carbocycles. The van der Waals surface area contributed by atoms with Crippen molar-refractivity contribution in [1.29, 1.82) is 0 Å². The Kier molecular flexibility index (Phi) is 5.57. The molecule has 1 aromatic heterocycles. The summed E-state index contributed by atoms with van der Waals surface area (Å²) in [5.74, 6) is 1.96. The van der Waals surface area contributed by atoms with Crippen molar-refractivity contribution in [3.63, 3.8) is 0 Å². The van der Waals surface area contributed by atoms with Gasteiger partial charge in [0.2, 0.25) is 5.91 Å². The molecular weight excluding hydrogens is 336 g/mol. The Hall–Kier alpha value is -1.69. The average molecular weight is 362 g/mol. The number of rotatable bonds is 5. The molecule has 3 saturated heterocycles. The van der Waals surface area contributed by atoms with Gasteiger partial charge in [-0.3, -0.25) is 9.59 Å². The molecule has 0 radical (unpaired) electrons. The Labute approximate surface area is 153 Å². The number of furan rings is 1. The van der Waals surface area contributed by atoms with Crippen molar-refractivity contribution >= 4 is 23.6 Å². The van der Waals surface area contributed by atoms with E-state index in [-0.39, 0.29) is 23.8 Å². The Morgan fingerprint density at radius 1 is 1.32 bits per heavy atom. The van der Waals surface area contributed by atoms with Gasteiger partial charge >= 0.3 is 0 Å². The third-order valence-corrected chi connectivity index (χ3v) is 5.51. The van der Waals surface area contributed by atoms with Crippen molar-refractivity contribution in [3.8, 4) is 0 Å². The van der Waals surface area contributed by atoms with E-state index in [4.69, 9.17) is 4.42 Å². The summed E-state index contributed by atoms with van der Waals surface area (Å²) in [7, 11) is 0. The van der Waals surface area contributed by atoms with Gasteiger partial charge in [0, 0.05) is 25.7 Å². The number of carbonyl (C=O) groups excluding carboxylic acids is 2. The molecule has 5 nitrogen and oxygen atoms in total. The highest BCUT2D eigenvalue weighted by molar-refractivity contribution is 7.97. The highest BCUT2D eigenvalue weighted by atomic mass is 32.2. The van der Waals surface area contributed by atoms with Crippen molar-refractivity contribution < 1.29 is 14.0 Å². The number of thioether (sulfide) groups is 1. The largest absolute Gasteiger partial charge is 0.455 e. The minimum absolute atomic E-state index is 0.0890. The fraction of sp³-hybridized carbons (Fsp3) is 0.579. The van der Waals surface area contributed by atoms with E-state index in [1.165, 1.54) is 5.57 Å². The van der Waals surface area contributed by atoms with Gasteiger partial charge in [-0.1, -0.05) is 11.6 Å². The second-order valence-corrected chi connectivity index (χ2v) is 7.98. The lowest BCUT2D eigenvalue weighted by Crippen LogP contribution is -2.48. The van der Waals surface area contributed by atoms with Gasteiger partial charge in [0.1, 0.15) is 5.76 Å². The van der Waals surface area contributed by atoms with Crippen LogP contribution < -0.4 is 0 Å². The van der Waals surface area contributed by atoms with Gasteiger partial charge in [-0.25, -0.2) is 0 Å². The van der Waals surface area contributed by atoms with Crippen LogP contribution in [0, 0.1) is 5.92 Å². The zero-order chi connectivity index (χ0) is 18.0. The molecule has 0 N–H and O–H groups in total. The Morgan fingerprint density at radius 3 is 2.84 bits per heavy atom. The summed E-state index contributed by atoms with van der Waals surface area (Å²) in [4.78, 5) is 29.4. The first-order chi connectivity index (χ1) is 12.0. The minimum atomic E-state index is -0.0962. The maximum Gasteiger partial charge on any atom is 0.289 e. The minimum Gasteiger partial charge on any atom is -0.455 e. The molecule has 4 heterocycles. The van der Waals surface area contributed by atoms with Crippen LogP contribution in [-0.2, 0) is 10.5 Å². The number of piperidine rings is 1. The molecule has 2 bridgehead atoms. The van der Waals surface area contributed by atoms with Gasteiger partial charge in [0.05, 0.1) is 11.7 Å². The van der Waals surface area contributed by atoms with Crippen LogP contribution in [0.1, 0.15) is 43.0 Å². The maximum absolute atomic E-state index is 12.9. The monoisotopic (exact) mass is 362 g/mol. The summed E-state index contributed by atoms with van der Waals surface area (Å²) in [6.07, 6.45) is 5.93. The van der Waals surface area contributed by atoms with Crippen LogP contribution in [0.4, 0.5) is 0 Å². The van der Waals surface area contributed by atoms with Crippen molar-refractivity contribution in [2.24, 2.45) is 5.92 Å². The van der Waals surface area contributed by atoms with Crippen molar-refractivity contribution in [2.45, 2.75) is 38.5 Å². The zero-order valence-electron chi connectivity index (χ0n) is 15.2. The topological polar surface area (TPSA) is 53.8 Å². The zero-order valence-corrected chi connectivity index (χ0v) is 16.0. The van der Waals surface area contributed by atoms with E-state index in [1.807, 2.05) is 36.0 Å². The maximum atomic E-state index is 12.9. The van der Waals surface area contributed by atoms with Gasteiger partial charge in [0.15, 0.2) is 5.76 Å². The lowest BCUT2D eigenvalue weighted by atomic mass is 9.94. The van der Waals surface area contributed by atoms with Crippen LogP contribution in [0.15, 0.2) is 28.2 Å². The molecule has 0 unspecified atom stereocenters. The fourth-order valence-corrected chi connectivity index (χ4v) is 4.04. The summed E-state index contributed by atoms with van der Waals surface area (Å²) in [5.41, 5.74) is 1.21. The Balaban J connectivity index is 1.75. The molecule has 3 fully saturated rings. The van der Waals surface area contributed by atoms with Crippen LogP contribution >= 0.6 is 11.8 Å². The molecule has 136 valence electrons. The molecule has 25 heavy (non-hydrogen) atoms. The van der Waals surface area contributed by atoms with E-state index in [0.29, 0.717) is 25.4 Å². The van der Waals surface area contributed by atoms with Crippen molar-refractivity contribution in [2.75, 3.05) is 25.9 Å². The van der Waals surface area contributed by atoms with Crippen LogP contribution in [-0.4, -0.2) is 53.5 Å². The summed E-state index contributed by atoms with van der Waals surface area (Å²) in [6, 6.07) is 3.72. The number of carbonyl (C=O) groups is 2. The van der Waals surface area contributed by atoms with Crippen molar-refractivity contribution in [1.82, 2.24) is 9.80 Å². The van der Waals surface area contributed by atoms with Crippen LogP contribution in [0.5, 0.6) is 0 Å². The average Bonchev–Trinajstić information content (AvgIpc) is 2.87. The first-order valence-corrected chi connectivity index (χ1v) is 10.2. The number of hydrogen-bond donors (Lipinski definition) is 0. The quantitative estimate of drug-likeness (QED) is 0.755. The normalized spacial score (nSPS) is 22.9. The van der Waals surface area contributed by atoms with E-state index in [0.717, 1.165) is 24.4 Å². The van der Waals surface area contributed by atoms with Gasteiger partial charge in [-0.15, -0.1) is 0 Å². The lowest BCUT2D eigenvalue weighted by molar-refractivity contribution is -0.139. The highest BCUT2D eigenvalue weighted by Gasteiger charge is 2.41. The highest BCUT2D eigenvalue weighted by Crippen LogP contribution is 2.30. The number of fused-ring (bicyclic) bond motifs is 4. The van der Waals surface area contributed by atoms with Crippen LogP contribution in [0.3, 0.4) is 0 Å². The molecule has 0 aromatic carbocycles. The standard InChI is InChI=1S/C19H26N2O3S/c1-13(2)8-9-21-15-5-4-14(18(21)22)10-20(11-15)19(23)17-7-6-16(24-17)12-25-3/h6-8,14-15H,4-5,9-12H2,1-3H3/t14-,15+/m1/s1. The van der Waals surface area contributed by atoms with Gasteiger partial charge < -0.3 is 14.2 Å². The van der Waals surface area contributed by atoms with Gasteiger partial charge in [-0.05, 0) is 45.1 Å². The molecule has 6 heteroatoms. The summed E-state index contributed by atoms with van der Waals surface area (Å²) >= 11 is 1.66. The second-order valence-electron chi connectivity index (χ2n) is 7.11. The van der Waals surface area contributed by atoms with Crippen LogP contribution in [0.25, 0.3) is 0 Å². The summed E-state index contributed by atoms with van der Waals surface area (Å²) < 4.78 is 5.68. The number of hydrogen-bond acceptors (Lipinski definition) is 4. The van der Waals surface area contributed by atoms with Crippen LogP contribution in [0.2, 0.25) is 0 Å². The molecular formula is C19H26N2O3S. The van der Waals surface area contributed by atoms with Gasteiger partial charge in [0.25, 0.3) is 5.91 Å². The number of allylic oxidation sites excluding steroid dienone is 1. The fourth-order valence-electron chi connectivity index (χ4n) is 3.60. The SMILES string of the molecule is CSCc1ccc(C(=O)N2C[C@H]3CC[C@@H](C2)N(CC=C(C)C)C3=O)o1. The molecule has 0 aliphatic carbocycles. The molecule has 0 spiro atoms. The second kappa shape index (κ2) is 7.68. The predicted octanol–water partition coefficient (Wildman–Crippen LogP) is 3.17. The predicted molar refractivity (Wildman–Crippen MR) is 99.5 cm³/mol. The molecule has 3 aliphatic heterocycles. The third-order valence-electron chi connectivity index (χ3n) is 4.94. The van der Waals surface area contributed by atoms with E-state index in [2.05, 4.69) is 6.08 Å². The number of amides is 2. The third kappa shape index (κ3) is 3.94. The lowest BCUT2D eigenvalue weighted by Gasteiger charge is -2.35. The summed E-state index contributed by atoms with van der Waals surface area (Å²) in [5, 5.41) is 0. The van der Waals surface area contributed by atoms with E-state index < -0.39 is 0 Å². The van der Waals surface area contributed by atoms with Gasteiger partial charge in [-0.2, -0.15) is 11.8 Å². The number of nitrogens with zero attached hydrogens (tertiary/aromatic N) is 2. The molecule has 3 aliphatic rings. The first-order valence-electron chi connectivity index (χ1n) is 8.80. The van der Waals surface area contributed by atoms with E-state index in [9.17, 15) is 9.59 Å². The van der Waals surface area contributed by atoms with E-state index in [1.54, 1.807) is 17.8 Å². The smallest absolute Gasteiger partial charge is 0.289 e. The summed E-state index contributed by atoms with van der Waals surface area (Å²) in [6.45, 7) is 5.82. The Bertz CT molecular complexity index is 678. The van der Waals surface area contributed by atoms with Crippen molar-refractivity contribution in [3.05, 3.63) is 35.3 Å².